The van der Waals surface area contributed by atoms with Gasteiger partial charge in [-0.15, -0.1) is 0 Å². The molecule has 2 atom stereocenters. The average molecular weight is 313 g/mol. The molecule has 0 aliphatic carbocycles. The van der Waals surface area contributed by atoms with Gasteiger partial charge in [-0.05, 0) is 25.0 Å². The number of aliphatic hydroxyl groups is 1. The molecule has 0 bridgehead atoms. The van der Waals surface area contributed by atoms with Gasteiger partial charge < -0.3 is 24.6 Å². The van der Waals surface area contributed by atoms with Crippen molar-refractivity contribution in [2.24, 2.45) is 0 Å². The van der Waals surface area contributed by atoms with E-state index >= 15 is 0 Å². The Labute approximate surface area is 130 Å². The summed E-state index contributed by atoms with van der Waals surface area (Å²) in [4.78, 5) is 0. The fourth-order valence-electron chi connectivity index (χ4n) is 2.23. The van der Waals surface area contributed by atoms with Crippen molar-refractivity contribution in [3.05, 3.63) is 30.1 Å². The number of nitrogens with one attached hydrogen (secondary N) is 1. The van der Waals surface area contributed by atoms with Crippen LogP contribution < -0.4 is 10.1 Å². The Morgan fingerprint density at radius 2 is 2.27 bits per heavy atom. The second-order valence-electron chi connectivity index (χ2n) is 5.31. The smallest absolute Gasteiger partial charge is 0.165 e. The van der Waals surface area contributed by atoms with Gasteiger partial charge in [0.1, 0.15) is 6.61 Å². The van der Waals surface area contributed by atoms with Crippen molar-refractivity contribution in [3.8, 4) is 5.75 Å². The molecule has 1 aromatic carbocycles. The highest BCUT2D eigenvalue weighted by molar-refractivity contribution is 5.23. The van der Waals surface area contributed by atoms with E-state index in [9.17, 15) is 9.50 Å². The monoisotopic (exact) mass is 313 g/mol. The number of hydrogen-bond donors (Lipinski definition) is 2. The molecular formula is C16H24FNO4. The summed E-state index contributed by atoms with van der Waals surface area (Å²) in [5.41, 5.74) is 0. The van der Waals surface area contributed by atoms with E-state index in [1.165, 1.54) is 6.07 Å². The third-order valence-corrected chi connectivity index (χ3v) is 3.39. The normalized spacial score (nSPS) is 19.3. The number of rotatable bonds is 10. The molecule has 2 N–H and O–H groups in total. The summed E-state index contributed by atoms with van der Waals surface area (Å²) in [7, 11) is 0. The number of hydrogen-bond acceptors (Lipinski definition) is 5. The molecule has 5 nitrogen and oxygen atoms in total. The molecule has 1 fully saturated rings. The van der Waals surface area contributed by atoms with Crippen molar-refractivity contribution in [2.75, 3.05) is 39.5 Å². The van der Waals surface area contributed by atoms with Crippen LogP contribution in [0.25, 0.3) is 0 Å². The van der Waals surface area contributed by atoms with Crippen LogP contribution >= 0.6 is 0 Å². The highest BCUT2D eigenvalue weighted by Gasteiger charge is 2.16. The van der Waals surface area contributed by atoms with Crippen LogP contribution in [0.15, 0.2) is 24.3 Å². The van der Waals surface area contributed by atoms with E-state index < -0.39 is 6.10 Å². The molecule has 0 saturated carbocycles. The lowest BCUT2D eigenvalue weighted by atomic mass is 10.2. The predicted molar refractivity (Wildman–Crippen MR) is 80.6 cm³/mol. The largest absolute Gasteiger partial charge is 0.489 e. The standard InChI is InChI=1S/C16H24FNO4/c17-15-5-1-2-6-16(15)22-9-7-18-10-13(19)11-20-12-14-4-3-8-21-14/h1-2,5-6,13-14,18-19H,3-4,7-12H2/t13-,14+/m1/s1. The van der Waals surface area contributed by atoms with E-state index in [0.29, 0.717) is 26.3 Å². The van der Waals surface area contributed by atoms with E-state index in [2.05, 4.69) is 5.32 Å². The molecule has 0 unspecified atom stereocenters. The molecule has 1 aliphatic heterocycles. The highest BCUT2D eigenvalue weighted by atomic mass is 19.1. The zero-order chi connectivity index (χ0) is 15.6. The summed E-state index contributed by atoms with van der Waals surface area (Å²) in [6.45, 7) is 2.89. The Morgan fingerprint density at radius 1 is 1.41 bits per heavy atom. The Bertz CT molecular complexity index is 426. The molecule has 22 heavy (non-hydrogen) atoms. The van der Waals surface area contributed by atoms with Crippen molar-refractivity contribution in [3.63, 3.8) is 0 Å². The molecular weight excluding hydrogens is 289 g/mol. The maximum Gasteiger partial charge on any atom is 0.165 e. The first-order valence-corrected chi connectivity index (χ1v) is 7.71. The van der Waals surface area contributed by atoms with Crippen LogP contribution in [-0.2, 0) is 9.47 Å². The third-order valence-electron chi connectivity index (χ3n) is 3.39. The first kappa shape index (κ1) is 17.1. The summed E-state index contributed by atoms with van der Waals surface area (Å²) >= 11 is 0. The fourth-order valence-corrected chi connectivity index (χ4v) is 2.23. The lowest BCUT2D eigenvalue weighted by Crippen LogP contribution is -2.33. The SMILES string of the molecule is O[C@H](CNCCOc1ccccc1F)COC[C@@H]1CCCO1. The zero-order valence-electron chi connectivity index (χ0n) is 12.7. The van der Waals surface area contributed by atoms with Crippen LogP contribution in [0.4, 0.5) is 4.39 Å². The molecule has 1 aliphatic rings. The van der Waals surface area contributed by atoms with E-state index in [1.807, 2.05) is 0 Å². The van der Waals surface area contributed by atoms with Gasteiger partial charge >= 0.3 is 0 Å². The van der Waals surface area contributed by atoms with E-state index in [4.69, 9.17) is 14.2 Å². The molecule has 0 spiro atoms. The molecule has 1 aromatic rings. The summed E-state index contributed by atoms with van der Waals surface area (Å²) in [5.74, 6) is -0.130. The van der Waals surface area contributed by atoms with Crippen molar-refractivity contribution in [1.29, 1.82) is 0 Å². The minimum absolute atomic E-state index is 0.175. The van der Waals surface area contributed by atoms with E-state index in [-0.39, 0.29) is 24.3 Å². The lowest BCUT2D eigenvalue weighted by Gasteiger charge is -2.15. The zero-order valence-corrected chi connectivity index (χ0v) is 12.7. The second kappa shape index (κ2) is 9.74. The van der Waals surface area contributed by atoms with Crippen molar-refractivity contribution >= 4 is 0 Å². The van der Waals surface area contributed by atoms with Gasteiger partial charge in [0, 0.05) is 19.7 Å². The van der Waals surface area contributed by atoms with Gasteiger partial charge in [-0.1, -0.05) is 12.1 Å². The van der Waals surface area contributed by atoms with Gasteiger partial charge in [0.2, 0.25) is 0 Å². The van der Waals surface area contributed by atoms with Crippen LogP contribution in [0, 0.1) is 5.82 Å². The first-order valence-electron chi connectivity index (χ1n) is 7.71. The highest BCUT2D eigenvalue weighted by Crippen LogP contribution is 2.14. The Balaban J connectivity index is 1.46. The Morgan fingerprint density at radius 3 is 3.05 bits per heavy atom. The van der Waals surface area contributed by atoms with Crippen molar-refractivity contribution in [1.82, 2.24) is 5.32 Å². The molecule has 124 valence electrons. The summed E-state index contributed by atoms with van der Waals surface area (Å²) in [6, 6.07) is 6.29. The molecule has 1 heterocycles. The van der Waals surface area contributed by atoms with Crippen molar-refractivity contribution in [2.45, 2.75) is 25.0 Å². The molecule has 0 amide bonds. The van der Waals surface area contributed by atoms with E-state index in [0.717, 1.165) is 19.4 Å². The summed E-state index contributed by atoms with van der Waals surface area (Å²) < 4.78 is 29.4. The Hall–Kier alpha value is -1.21. The lowest BCUT2D eigenvalue weighted by molar-refractivity contribution is -0.0164. The van der Waals surface area contributed by atoms with Gasteiger partial charge in [0.25, 0.3) is 0 Å². The topological polar surface area (TPSA) is 60.0 Å². The quantitative estimate of drug-likeness (QED) is 0.639. The average Bonchev–Trinajstić information content (AvgIpc) is 3.02. The number of para-hydroxylation sites is 1. The van der Waals surface area contributed by atoms with E-state index in [1.54, 1.807) is 18.2 Å². The van der Waals surface area contributed by atoms with Gasteiger partial charge in [0.15, 0.2) is 11.6 Å². The second-order valence-corrected chi connectivity index (χ2v) is 5.31. The number of ether oxygens (including phenoxy) is 3. The fraction of sp³-hybridized carbons (Fsp3) is 0.625. The number of benzene rings is 1. The molecule has 2 rings (SSSR count). The Kier molecular flexibility index (Phi) is 7.59. The van der Waals surface area contributed by atoms with Crippen LogP contribution in [0.5, 0.6) is 5.75 Å². The predicted octanol–water partition coefficient (Wildman–Crippen LogP) is 1.35. The number of halogens is 1. The van der Waals surface area contributed by atoms with Crippen LogP contribution in [-0.4, -0.2) is 56.8 Å². The summed E-state index contributed by atoms with van der Waals surface area (Å²) in [5, 5.41) is 12.8. The third kappa shape index (κ3) is 6.27. The van der Waals surface area contributed by atoms with Gasteiger partial charge in [-0.25, -0.2) is 4.39 Å². The first-order chi connectivity index (χ1) is 10.8. The number of aliphatic hydroxyl groups excluding tert-OH is 1. The molecule has 0 radical (unpaired) electrons. The van der Waals surface area contributed by atoms with Gasteiger partial charge in [-0.3, -0.25) is 0 Å². The van der Waals surface area contributed by atoms with Gasteiger partial charge in [0.05, 0.1) is 25.4 Å². The maximum atomic E-state index is 13.3. The van der Waals surface area contributed by atoms with Crippen molar-refractivity contribution < 1.29 is 23.7 Å². The summed E-state index contributed by atoms with van der Waals surface area (Å²) in [6.07, 6.45) is 1.71. The minimum Gasteiger partial charge on any atom is -0.489 e. The molecule has 0 aromatic heterocycles. The van der Waals surface area contributed by atoms with Gasteiger partial charge in [-0.2, -0.15) is 0 Å². The molecule has 6 heteroatoms. The molecule has 1 saturated heterocycles. The minimum atomic E-state index is -0.574. The van der Waals surface area contributed by atoms with Crippen LogP contribution in [0.1, 0.15) is 12.8 Å². The maximum absolute atomic E-state index is 13.3. The van der Waals surface area contributed by atoms with Crippen LogP contribution in [0.2, 0.25) is 0 Å². The van der Waals surface area contributed by atoms with Crippen LogP contribution in [0.3, 0.4) is 0 Å².